The molecule has 1 fully saturated rings. The number of amides is 1. The Labute approximate surface area is 127 Å². The number of hydrogen-bond donors (Lipinski definition) is 1. The van der Waals surface area contributed by atoms with Gasteiger partial charge < -0.3 is 10.0 Å². The first-order valence-electron chi connectivity index (χ1n) is 7.02. The van der Waals surface area contributed by atoms with Crippen LogP contribution in [0.2, 0.25) is 0 Å². The molecule has 2 rings (SSSR count). The number of carboxylic acid groups (broad SMARTS) is 1. The third kappa shape index (κ3) is 4.37. The Kier molecular flexibility index (Phi) is 4.65. The fourth-order valence-corrected chi connectivity index (χ4v) is 2.63. The normalized spacial score (nSPS) is 16.6. The highest BCUT2D eigenvalue weighted by Crippen LogP contribution is 2.42. The number of hydrogen-bond acceptors (Lipinski definition) is 2. The molecular weight excluding hydrogens is 297 g/mol. The minimum atomic E-state index is -4.31. The predicted molar refractivity (Wildman–Crippen MR) is 75.5 cm³/mol. The molecule has 1 aromatic rings. The second kappa shape index (κ2) is 6.16. The minimum Gasteiger partial charge on any atom is -0.465 e. The van der Waals surface area contributed by atoms with E-state index in [1.807, 2.05) is 0 Å². The van der Waals surface area contributed by atoms with E-state index in [1.54, 1.807) is 30.3 Å². The fraction of sp³-hybridized carbons (Fsp3) is 0.533. The molecule has 1 aliphatic carbocycles. The average Bonchev–Trinajstić information content (AvgIpc) is 3.17. The van der Waals surface area contributed by atoms with Gasteiger partial charge in [-0.2, -0.15) is 13.2 Å². The number of alkyl halides is 3. The highest BCUT2D eigenvalue weighted by atomic mass is 19.4. The molecule has 0 saturated heterocycles. The molecule has 1 amide bonds. The molecule has 0 heterocycles. The Morgan fingerprint density at radius 3 is 2.32 bits per heavy atom. The van der Waals surface area contributed by atoms with E-state index >= 15 is 0 Å². The molecule has 1 aromatic carbocycles. The lowest BCUT2D eigenvalue weighted by Gasteiger charge is -2.32. The molecule has 0 aromatic heterocycles. The Hall–Kier alpha value is -1.76. The molecule has 7 heteroatoms. The van der Waals surface area contributed by atoms with Crippen molar-refractivity contribution in [3.63, 3.8) is 0 Å². The number of rotatable bonds is 6. The van der Waals surface area contributed by atoms with E-state index in [2.05, 4.69) is 0 Å². The second-order valence-corrected chi connectivity index (χ2v) is 5.81. The summed E-state index contributed by atoms with van der Waals surface area (Å²) in [5.74, 6) is 0. The van der Waals surface area contributed by atoms with E-state index in [1.165, 1.54) is 11.9 Å². The van der Waals surface area contributed by atoms with E-state index in [9.17, 15) is 18.0 Å². The Balaban J connectivity index is 2.10. The number of benzene rings is 1. The molecular formula is C15H19F3N2O2. The maximum absolute atomic E-state index is 12.8. The summed E-state index contributed by atoms with van der Waals surface area (Å²) < 4.78 is 38.4. The van der Waals surface area contributed by atoms with Gasteiger partial charge in [0.1, 0.15) is 0 Å². The molecule has 0 radical (unpaired) electrons. The third-order valence-electron chi connectivity index (χ3n) is 4.00. The standard InChI is InChI=1S/C15H19F3N2O2/c1-19(13(21)22)14(7-8-14)10-20(11-15(16,17)18)9-12-5-3-2-4-6-12/h2-6H,7-11H2,1H3,(H,21,22). The van der Waals surface area contributed by atoms with Gasteiger partial charge in [-0.15, -0.1) is 0 Å². The SMILES string of the molecule is CN(C(=O)O)C1(CN(Cc2ccccc2)CC(F)(F)F)CC1. The van der Waals surface area contributed by atoms with E-state index in [0.717, 1.165) is 10.5 Å². The van der Waals surface area contributed by atoms with Gasteiger partial charge in [0.05, 0.1) is 12.1 Å². The summed E-state index contributed by atoms with van der Waals surface area (Å²) >= 11 is 0. The zero-order valence-corrected chi connectivity index (χ0v) is 12.3. The number of halogens is 3. The van der Waals surface area contributed by atoms with Crippen molar-refractivity contribution in [2.24, 2.45) is 0 Å². The summed E-state index contributed by atoms with van der Waals surface area (Å²) in [6.07, 6.45) is -4.23. The van der Waals surface area contributed by atoms with Crippen molar-refractivity contribution in [2.45, 2.75) is 31.1 Å². The van der Waals surface area contributed by atoms with Crippen molar-refractivity contribution in [1.29, 1.82) is 0 Å². The second-order valence-electron chi connectivity index (χ2n) is 5.81. The van der Waals surface area contributed by atoms with Gasteiger partial charge in [0, 0.05) is 20.1 Å². The Morgan fingerprint density at radius 2 is 1.86 bits per heavy atom. The predicted octanol–water partition coefficient (Wildman–Crippen LogP) is 3.19. The molecule has 0 spiro atoms. The fourth-order valence-electron chi connectivity index (χ4n) is 2.63. The maximum atomic E-state index is 12.8. The van der Waals surface area contributed by atoms with Gasteiger partial charge in [0.15, 0.2) is 0 Å². The zero-order valence-electron chi connectivity index (χ0n) is 12.3. The van der Waals surface area contributed by atoms with Crippen LogP contribution in [-0.4, -0.2) is 52.9 Å². The lowest BCUT2D eigenvalue weighted by molar-refractivity contribution is -0.148. The van der Waals surface area contributed by atoms with E-state index in [0.29, 0.717) is 12.8 Å². The number of carbonyl (C=O) groups is 1. The summed E-state index contributed by atoms with van der Waals surface area (Å²) in [5, 5.41) is 9.08. The molecule has 1 saturated carbocycles. The van der Waals surface area contributed by atoms with Crippen molar-refractivity contribution in [2.75, 3.05) is 20.1 Å². The minimum absolute atomic E-state index is 0.0875. The summed E-state index contributed by atoms with van der Waals surface area (Å²) in [4.78, 5) is 13.5. The van der Waals surface area contributed by atoms with Crippen LogP contribution in [0.5, 0.6) is 0 Å². The van der Waals surface area contributed by atoms with Crippen molar-refractivity contribution in [1.82, 2.24) is 9.80 Å². The lowest BCUT2D eigenvalue weighted by Crippen LogP contribution is -2.48. The summed E-state index contributed by atoms with van der Waals surface area (Å²) in [5.41, 5.74) is 0.0896. The zero-order chi connectivity index (χ0) is 16.4. The Morgan fingerprint density at radius 1 is 1.27 bits per heavy atom. The van der Waals surface area contributed by atoms with Gasteiger partial charge in [-0.05, 0) is 18.4 Å². The molecule has 1 N–H and O–H groups in total. The van der Waals surface area contributed by atoms with Crippen molar-refractivity contribution in [3.05, 3.63) is 35.9 Å². The Bertz CT molecular complexity index is 515. The van der Waals surface area contributed by atoms with Gasteiger partial charge in [-0.3, -0.25) is 4.90 Å². The maximum Gasteiger partial charge on any atom is 0.407 e. The van der Waals surface area contributed by atoms with Gasteiger partial charge in [0.2, 0.25) is 0 Å². The first kappa shape index (κ1) is 16.6. The van der Waals surface area contributed by atoms with Crippen molar-refractivity contribution in [3.8, 4) is 0 Å². The van der Waals surface area contributed by atoms with Crippen LogP contribution in [0, 0.1) is 0 Å². The van der Waals surface area contributed by atoms with Crippen molar-refractivity contribution >= 4 is 6.09 Å². The first-order valence-corrected chi connectivity index (χ1v) is 7.02. The van der Waals surface area contributed by atoms with Crippen LogP contribution in [0.4, 0.5) is 18.0 Å². The lowest BCUT2D eigenvalue weighted by atomic mass is 10.1. The monoisotopic (exact) mass is 316 g/mol. The van der Waals surface area contributed by atoms with Gasteiger partial charge in [-0.25, -0.2) is 4.79 Å². The number of likely N-dealkylation sites (N-methyl/N-ethyl adjacent to an activating group) is 1. The number of nitrogens with zero attached hydrogens (tertiary/aromatic N) is 2. The molecule has 0 aliphatic heterocycles. The van der Waals surface area contributed by atoms with Gasteiger partial charge in [-0.1, -0.05) is 30.3 Å². The smallest absolute Gasteiger partial charge is 0.407 e. The van der Waals surface area contributed by atoms with Crippen LogP contribution in [0.3, 0.4) is 0 Å². The van der Waals surface area contributed by atoms with Crippen LogP contribution in [-0.2, 0) is 6.54 Å². The van der Waals surface area contributed by atoms with Crippen LogP contribution in [0.15, 0.2) is 30.3 Å². The molecule has 0 atom stereocenters. The summed E-state index contributed by atoms with van der Waals surface area (Å²) in [6, 6.07) is 8.89. The third-order valence-corrected chi connectivity index (χ3v) is 4.00. The molecule has 22 heavy (non-hydrogen) atoms. The van der Waals surface area contributed by atoms with E-state index in [4.69, 9.17) is 5.11 Å². The highest BCUT2D eigenvalue weighted by Gasteiger charge is 2.50. The summed E-state index contributed by atoms with van der Waals surface area (Å²) in [6.45, 7) is -0.809. The van der Waals surface area contributed by atoms with Gasteiger partial charge in [0.25, 0.3) is 0 Å². The van der Waals surface area contributed by atoms with Gasteiger partial charge >= 0.3 is 12.3 Å². The van der Waals surface area contributed by atoms with Crippen LogP contribution >= 0.6 is 0 Å². The molecule has 0 unspecified atom stereocenters. The van der Waals surface area contributed by atoms with Crippen LogP contribution in [0.1, 0.15) is 18.4 Å². The average molecular weight is 316 g/mol. The molecule has 122 valence electrons. The molecule has 1 aliphatic rings. The van der Waals surface area contributed by atoms with E-state index < -0.39 is 24.4 Å². The largest absolute Gasteiger partial charge is 0.465 e. The first-order chi connectivity index (χ1) is 10.2. The van der Waals surface area contributed by atoms with Crippen LogP contribution < -0.4 is 0 Å². The molecule has 0 bridgehead atoms. The highest BCUT2D eigenvalue weighted by molar-refractivity contribution is 5.66. The summed E-state index contributed by atoms with van der Waals surface area (Å²) in [7, 11) is 1.42. The van der Waals surface area contributed by atoms with Crippen LogP contribution in [0.25, 0.3) is 0 Å². The van der Waals surface area contributed by atoms with Crippen molar-refractivity contribution < 1.29 is 23.1 Å². The topological polar surface area (TPSA) is 43.8 Å². The van der Waals surface area contributed by atoms with E-state index in [-0.39, 0.29) is 13.1 Å². The quantitative estimate of drug-likeness (QED) is 0.876. The molecule has 4 nitrogen and oxygen atoms in total.